The quantitative estimate of drug-likeness (QED) is 0.621. The summed E-state index contributed by atoms with van der Waals surface area (Å²) in [5, 5.41) is 2.19. The smallest absolute Gasteiger partial charge is 0.307 e. The number of hydrogen-bond donors (Lipinski definition) is 1. The Balaban J connectivity index is 1.56. The summed E-state index contributed by atoms with van der Waals surface area (Å²) in [6.45, 7) is -0.394. The van der Waals surface area contributed by atoms with Crippen LogP contribution >= 0.6 is 11.8 Å². The van der Waals surface area contributed by atoms with E-state index in [1.54, 1.807) is 30.3 Å². The molecule has 1 atom stereocenters. The van der Waals surface area contributed by atoms with Gasteiger partial charge in [-0.1, -0.05) is 24.3 Å². The van der Waals surface area contributed by atoms with E-state index in [-0.39, 0.29) is 18.1 Å². The summed E-state index contributed by atoms with van der Waals surface area (Å²) in [5.41, 5.74) is 1.08. The summed E-state index contributed by atoms with van der Waals surface area (Å²) < 4.78 is 10.2. The van der Waals surface area contributed by atoms with E-state index in [4.69, 9.17) is 9.47 Å². The van der Waals surface area contributed by atoms with Crippen molar-refractivity contribution in [3.05, 3.63) is 54.1 Å². The van der Waals surface area contributed by atoms with Gasteiger partial charge < -0.3 is 14.8 Å². The molecule has 0 radical (unpaired) electrons. The van der Waals surface area contributed by atoms with Crippen molar-refractivity contribution in [1.82, 2.24) is 0 Å². The number of methoxy groups -OCH3 is 1. The number of hydrogen-bond acceptors (Lipinski definition) is 6. The van der Waals surface area contributed by atoms with Gasteiger partial charge in [0.15, 0.2) is 6.61 Å². The highest BCUT2D eigenvalue weighted by Crippen LogP contribution is 2.36. The van der Waals surface area contributed by atoms with Crippen molar-refractivity contribution in [2.24, 2.45) is 0 Å². The first-order valence-corrected chi connectivity index (χ1v) is 8.85. The molecule has 1 heterocycles. The lowest BCUT2D eigenvalue weighted by Crippen LogP contribution is -2.31. The Labute approximate surface area is 154 Å². The number of Topliss-reactive ketones (excluding diaryl/α,β-unsaturated/α-hetero) is 1. The third-order valence-corrected chi connectivity index (χ3v) is 5.11. The summed E-state index contributed by atoms with van der Waals surface area (Å²) in [4.78, 5) is 37.3. The molecule has 0 spiro atoms. The van der Waals surface area contributed by atoms with Crippen LogP contribution in [0.4, 0.5) is 5.69 Å². The average molecular weight is 371 g/mol. The zero-order valence-electron chi connectivity index (χ0n) is 14.1. The second kappa shape index (κ2) is 8.05. The predicted octanol–water partition coefficient (Wildman–Crippen LogP) is 2.92. The molecule has 0 bridgehead atoms. The number of anilines is 1. The summed E-state index contributed by atoms with van der Waals surface area (Å²) in [7, 11) is 1.47. The third kappa shape index (κ3) is 4.05. The van der Waals surface area contributed by atoms with Gasteiger partial charge in [-0.2, -0.15) is 0 Å². The van der Waals surface area contributed by atoms with Crippen molar-refractivity contribution < 1.29 is 23.9 Å². The molecule has 6 nitrogen and oxygen atoms in total. The molecule has 2 aromatic carbocycles. The van der Waals surface area contributed by atoms with Gasteiger partial charge in [0.25, 0.3) is 0 Å². The number of para-hydroxylation sites is 2. The number of ether oxygens (including phenoxy) is 2. The number of esters is 1. The van der Waals surface area contributed by atoms with Crippen LogP contribution in [-0.2, 0) is 14.3 Å². The van der Waals surface area contributed by atoms with Gasteiger partial charge in [0.2, 0.25) is 11.7 Å². The number of thioether (sulfide) groups is 1. The second-order valence-electron chi connectivity index (χ2n) is 5.58. The summed E-state index contributed by atoms with van der Waals surface area (Å²) in [6, 6.07) is 14.1. The third-order valence-electron chi connectivity index (χ3n) is 3.83. The highest BCUT2D eigenvalue weighted by atomic mass is 32.2. The second-order valence-corrected chi connectivity index (χ2v) is 6.82. The van der Waals surface area contributed by atoms with Crippen molar-refractivity contribution in [2.75, 3.05) is 19.0 Å². The minimum atomic E-state index is -0.597. The standard InChI is InChI=1S/C19H17NO5S/c1-24-15-8-4-2-6-12(15)14(21)11-25-18(22)10-17-19(23)20-13-7-3-5-9-16(13)26-17/h2-9,17H,10-11H2,1H3,(H,20,23)/t17-/m0/s1. The van der Waals surface area contributed by atoms with Gasteiger partial charge in [-0.25, -0.2) is 0 Å². The summed E-state index contributed by atoms with van der Waals surface area (Å²) in [5.74, 6) is -0.781. The van der Waals surface area contributed by atoms with Crippen molar-refractivity contribution in [1.29, 1.82) is 0 Å². The molecule has 3 rings (SSSR count). The zero-order valence-corrected chi connectivity index (χ0v) is 14.9. The molecule has 0 aromatic heterocycles. The number of benzene rings is 2. The lowest BCUT2D eigenvalue weighted by molar-refractivity contribution is -0.143. The van der Waals surface area contributed by atoms with Crippen molar-refractivity contribution in [3.8, 4) is 5.75 Å². The van der Waals surface area contributed by atoms with E-state index < -0.39 is 17.8 Å². The molecular formula is C19H17NO5S. The maximum atomic E-state index is 12.2. The maximum Gasteiger partial charge on any atom is 0.307 e. The van der Waals surface area contributed by atoms with Crippen molar-refractivity contribution in [2.45, 2.75) is 16.6 Å². The van der Waals surface area contributed by atoms with Crippen LogP contribution in [0.2, 0.25) is 0 Å². The van der Waals surface area contributed by atoms with Gasteiger partial charge in [0.1, 0.15) is 5.75 Å². The van der Waals surface area contributed by atoms with E-state index in [0.717, 1.165) is 10.6 Å². The number of carbonyl (C=O) groups excluding carboxylic acids is 3. The summed E-state index contributed by atoms with van der Waals surface area (Å²) in [6.07, 6.45) is -0.107. The highest BCUT2D eigenvalue weighted by Gasteiger charge is 2.29. The van der Waals surface area contributed by atoms with Crippen LogP contribution in [0.15, 0.2) is 53.4 Å². The molecule has 0 unspecified atom stereocenters. The van der Waals surface area contributed by atoms with Crippen LogP contribution < -0.4 is 10.1 Å². The van der Waals surface area contributed by atoms with E-state index in [0.29, 0.717) is 11.3 Å². The molecule has 1 aliphatic heterocycles. The van der Waals surface area contributed by atoms with E-state index in [9.17, 15) is 14.4 Å². The molecule has 0 fully saturated rings. The number of ketones is 1. The number of amides is 1. The van der Waals surface area contributed by atoms with Crippen LogP contribution in [0.3, 0.4) is 0 Å². The lowest BCUT2D eigenvalue weighted by Gasteiger charge is -2.23. The van der Waals surface area contributed by atoms with Crippen LogP contribution in [0, 0.1) is 0 Å². The fourth-order valence-electron chi connectivity index (χ4n) is 2.54. The van der Waals surface area contributed by atoms with Crippen molar-refractivity contribution >= 4 is 35.1 Å². The Bertz CT molecular complexity index is 851. The SMILES string of the molecule is COc1ccccc1C(=O)COC(=O)C[C@@H]1Sc2ccccc2NC1=O. The Kier molecular flexibility index (Phi) is 5.58. The maximum absolute atomic E-state index is 12.2. The Morgan fingerprint density at radius 3 is 2.65 bits per heavy atom. The molecule has 1 aliphatic rings. The first-order chi connectivity index (χ1) is 12.6. The van der Waals surface area contributed by atoms with Gasteiger partial charge in [0, 0.05) is 4.90 Å². The highest BCUT2D eigenvalue weighted by molar-refractivity contribution is 8.01. The van der Waals surface area contributed by atoms with Crippen LogP contribution in [0.1, 0.15) is 16.8 Å². The molecule has 1 N–H and O–H groups in total. The first kappa shape index (κ1) is 18.0. The number of nitrogens with one attached hydrogen (secondary N) is 1. The van der Waals surface area contributed by atoms with Gasteiger partial charge in [-0.05, 0) is 24.3 Å². The zero-order chi connectivity index (χ0) is 18.5. The van der Waals surface area contributed by atoms with Gasteiger partial charge in [0.05, 0.1) is 30.0 Å². The van der Waals surface area contributed by atoms with Crippen LogP contribution in [0.25, 0.3) is 0 Å². The van der Waals surface area contributed by atoms with E-state index >= 15 is 0 Å². The Morgan fingerprint density at radius 2 is 1.85 bits per heavy atom. The molecule has 0 aliphatic carbocycles. The van der Waals surface area contributed by atoms with E-state index in [2.05, 4.69) is 5.32 Å². The number of fused-ring (bicyclic) bond motifs is 1. The van der Waals surface area contributed by atoms with E-state index in [1.165, 1.54) is 18.9 Å². The van der Waals surface area contributed by atoms with Gasteiger partial charge >= 0.3 is 5.97 Å². The van der Waals surface area contributed by atoms with E-state index in [1.807, 2.05) is 18.2 Å². The number of rotatable bonds is 6. The first-order valence-electron chi connectivity index (χ1n) is 7.97. The fraction of sp³-hybridized carbons (Fsp3) is 0.211. The topological polar surface area (TPSA) is 81.7 Å². The minimum Gasteiger partial charge on any atom is -0.496 e. The Morgan fingerprint density at radius 1 is 1.12 bits per heavy atom. The molecule has 0 saturated heterocycles. The Hall–Kier alpha value is -2.80. The molecular weight excluding hydrogens is 354 g/mol. The fourth-order valence-corrected chi connectivity index (χ4v) is 3.63. The molecule has 7 heteroatoms. The summed E-state index contributed by atoms with van der Waals surface area (Å²) >= 11 is 1.31. The number of carbonyl (C=O) groups is 3. The molecule has 1 amide bonds. The largest absolute Gasteiger partial charge is 0.496 e. The monoisotopic (exact) mass is 371 g/mol. The van der Waals surface area contributed by atoms with Gasteiger partial charge in [-0.3, -0.25) is 14.4 Å². The van der Waals surface area contributed by atoms with Gasteiger partial charge in [-0.15, -0.1) is 11.8 Å². The predicted molar refractivity (Wildman–Crippen MR) is 97.6 cm³/mol. The van der Waals surface area contributed by atoms with Crippen LogP contribution in [0.5, 0.6) is 5.75 Å². The molecule has 0 saturated carbocycles. The minimum absolute atomic E-state index is 0.107. The normalized spacial score (nSPS) is 15.6. The molecule has 26 heavy (non-hydrogen) atoms. The van der Waals surface area contributed by atoms with Crippen LogP contribution in [-0.4, -0.2) is 36.6 Å². The average Bonchev–Trinajstić information content (AvgIpc) is 2.66. The lowest BCUT2D eigenvalue weighted by atomic mass is 10.1. The molecule has 134 valence electrons. The molecule has 2 aromatic rings. The van der Waals surface area contributed by atoms with Crippen molar-refractivity contribution in [3.63, 3.8) is 0 Å².